The first kappa shape index (κ1) is 10.0. The Labute approximate surface area is 94.5 Å². The van der Waals surface area contributed by atoms with E-state index in [0.29, 0.717) is 10.6 Å². The number of benzene rings is 1. The molecule has 1 aromatic carbocycles. The van der Waals surface area contributed by atoms with E-state index in [1.165, 1.54) is 12.1 Å². The molecule has 1 heterocycles. The van der Waals surface area contributed by atoms with E-state index in [0.717, 1.165) is 5.69 Å². The lowest BCUT2D eigenvalue weighted by molar-refractivity contribution is 0.628. The predicted molar refractivity (Wildman–Crippen MR) is 59.4 cm³/mol. The van der Waals surface area contributed by atoms with Gasteiger partial charge in [0.2, 0.25) is 5.95 Å². The Morgan fingerprint density at radius 3 is 2.53 bits per heavy atom. The molecule has 0 aliphatic heterocycles. The van der Waals surface area contributed by atoms with Gasteiger partial charge in [0.1, 0.15) is 10.4 Å². The van der Waals surface area contributed by atoms with Crippen LogP contribution in [0.3, 0.4) is 0 Å². The molecule has 1 N–H and O–H groups in total. The zero-order chi connectivity index (χ0) is 10.7. The maximum absolute atomic E-state index is 12.6. The van der Waals surface area contributed by atoms with Gasteiger partial charge in [0.15, 0.2) is 0 Å². The molecule has 2 aromatic rings. The molecule has 0 saturated carbocycles. The average Bonchev–Trinajstić information content (AvgIpc) is 2.22. The van der Waals surface area contributed by atoms with Crippen LogP contribution in [0.25, 0.3) is 0 Å². The van der Waals surface area contributed by atoms with Crippen LogP contribution in [0.2, 0.25) is 0 Å². The summed E-state index contributed by atoms with van der Waals surface area (Å²) < 4.78 is 13.3. The van der Waals surface area contributed by atoms with Gasteiger partial charge in [-0.2, -0.15) is 0 Å². The highest BCUT2D eigenvalue weighted by molar-refractivity contribution is 9.10. The predicted octanol–water partition coefficient (Wildman–Crippen LogP) is 3.12. The Morgan fingerprint density at radius 1 is 1.13 bits per heavy atom. The lowest BCUT2D eigenvalue weighted by Crippen LogP contribution is -1.96. The largest absolute Gasteiger partial charge is 0.324 e. The molecule has 0 saturated heterocycles. The molecule has 0 fully saturated rings. The molecule has 3 nitrogen and oxygen atoms in total. The summed E-state index contributed by atoms with van der Waals surface area (Å²) in [5.41, 5.74) is 0.745. The highest BCUT2D eigenvalue weighted by Gasteiger charge is 1.98. The monoisotopic (exact) mass is 267 g/mol. The van der Waals surface area contributed by atoms with Gasteiger partial charge in [-0.3, -0.25) is 0 Å². The molecular weight excluding hydrogens is 261 g/mol. The minimum atomic E-state index is -0.268. The van der Waals surface area contributed by atoms with Crippen LogP contribution in [0, 0.1) is 5.82 Å². The quantitative estimate of drug-likeness (QED) is 0.850. The molecule has 5 heteroatoms. The Morgan fingerprint density at radius 2 is 1.87 bits per heavy atom. The Hall–Kier alpha value is -1.49. The van der Waals surface area contributed by atoms with E-state index in [1.54, 1.807) is 24.4 Å². The zero-order valence-electron chi connectivity index (χ0n) is 7.61. The summed E-state index contributed by atoms with van der Waals surface area (Å²) in [7, 11) is 0. The summed E-state index contributed by atoms with van der Waals surface area (Å²) in [4.78, 5) is 8.10. The van der Waals surface area contributed by atoms with Crippen LogP contribution in [-0.4, -0.2) is 9.97 Å². The summed E-state index contributed by atoms with van der Waals surface area (Å²) in [6, 6.07) is 7.73. The van der Waals surface area contributed by atoms with E-state index in [9.17, 15) is 4.39 Å². The van der Waals surface area contributed by atoms with Gasteiger partial charge < -0.3 is 5.32 Å². The molecule has 0 aliphatic carbocycles. The molecule has 0 bridgehead atoms. The van der Waals surface area contributed by atoms with Crippen LogP contribution >= 0.6 is 15.9 Å². The molecule has 0 spiro atoms. The zero-order valence-corrected chi connectivity index (χ0v) is 9.20. The normalized spacial score (nSPS) is 10.0. The SMILES string of the molecule is Fc1ccc(Nc2nccc(Br)n2)cc1. The maximum Gasteiger partial charge on any atom is 0.228 e. The first-order chi connectivity index (χ1) is 7.24. The van der Waals surface area contributed by atoms with E-state index in [1.807, 2.05) is 0 Å². The lowest BCUT2D eigenvalue weighted by atomic mass is 10.3. The molecular formula is C10H7BrFN3. The molecule has 0 unspecified atom stereocenters. The number of hydrogen-bond donors (Lipinski definition) is 1. The van der Waals surface area contributed by atoms with E-state index in [-0.39, 0.29) is 5.82 Å². The number of rotatable bonds is 2. The number of aromatic nitrogens is 2. The Bertz CT molecular complexity index is 458. The Kier molecular flexibility index (Phi) is 2.91. The van der Waals surface area contributed by atoms with Gasteiger partial charge in [-0.1, -0.05) is 0 Å². The van der Waals surface area contributed by atoms with E-state index in [4.69, 9.17) is 0 Å². The van der Waals surface area contributed by atoms with Crippen molar-refractivity contribution in [1.82, 2.24) is 9.97 Å². The van der Waals surface area contributed by atoms with Crippen LogP contribution in [0.1, 0.15) is 0 Å². The van der Waals surface area contributed by atoms with Gasteiger partial charge >= 0.3 is 0 Å². The van der Waals surface area contributed by atoms with Crippen molar-refractivity contribution in [3.05, 3.63) is 46.9 Å². The summed E-state index contributed by atoms with van der Waals surface area (Å²) >= 11 is 3.24. The van der Waals surface area contributed by atoms with Gasteiger partial charge in [-0.25, -0.2) is 14.4 Å². The third-order valence-electron chi connectivity index (χ3n) is 1.72. The molecule has 0 atom stereocenters. The van der Waals surface area contributed by atoms with Gasteiger partial charge in [0.25, 0.3) is 0 Å². The number of halogens is 2. The van der Waals surface area contributed by atoms with Crippen molar-refractivity contribution in [1.29, 1.82) is 0 Å². The van der Waals surface area contributed by atoms with Crippen molar-refractivity contribution in [2.24, 2.45) is 0 Å². The fourth-order valence-corrected chi connectivity index (χ4v) is 1.35. The topological polar surface area (TPSA) is 37.8 Å². The second kappa shape index (κ2) is 4.35. The standard InChI is InChI=1S/C10H7BrFN3/c11-9-5-6-13-10(15-9)14-8-3-1-7(12)2-4-8/h1-6H,(H,13,14,15). The second-order valence-corrected chi connectivity index (χ2v) is 3.65. The second-order valence-electron chi connectivity index (χ2n) is 2.83. The molecule has 0 radical (unpaired) electrons. The first-order valence-corrected chi connectivity index (χ1v) is 5.04. The smallest absolute Gasteiger partial charge is 0.228 e. The summed E-state index contributed by atoms with van der Waals surface area (Å²) in [6.07, 6.45) is 1.63. The van der Waals surface area contributed by atoms with Crippen molar-refractivity contribution in [3.8, 4) is 0 Å². The number of nitrogens with zero attached hydrogens (tertiary/aromatic N) is 2. The van der Waals surface area contributed by atoms with Gasteiger partial charge in [0.05, 0.1) is 0 Å². The number of anilines is 2. The van der Waals surface area contributed by atoms with Crippen molar-refractivity contribution >= 4 is 27.6 Å². The molecule has 1 aromatic heterocycles. The van der Waals surface area contributed by atoms with Crippen molar-refractivity contribution in [2.75, 3.05) is 5.32 Å². The third-order valence-corrected chi connectivity index (χ3v) is 2.16. The van der Waals surface area contributed by atoms with Crippen LogP contribution in [0.4, 0.5) is 16.0 Å². The number of hydrogen-bond acceptors (Lipinski definition) is 3. The minimum absolute atomic E-state index is 0.268. The highest BCUT2D eigenvalue weighted by Crippen LogP contribution is 2.14. The van der Waals surface area contributed by atoms with Gasteiger partial charge in [0, 0.05) is 11.9 Å². The van der Waals surface area contributed by atoms with E-state index < -0.39 is 0 Å². The third kappa shape index (κ3) is 2.73. The van der Waals surface area contributed by atoms with Crippen molar-refractivity contribution in [2.45, 2.75) is 0 Å². The lowest BCUT2D eigenvalue weighted by Gasteiger charge is -2.03. The first-order valence-electron chi connectivity index (χ1n) is 4.25. The minimum Gasteiger partial charge on any atom is -0.324 e. The van der Waals surface area contributed by atoms with Crippen molar-refractivity contribution in [3.63, 3.8) is 0 Å². The summed E-state index contributed by atoms with van der Waals surface area (Å²) in [6.45, 7) is 0. The fraction of sp³-hybridized carbons (Fsp3) is 0. The molecule has 0 amide bonds. The summed E-state index contributed by atoms with van der Waals surface area (Å²) in [5, 5.41) is 2.95. The van der Waals surface area contributed by atoms with Crippen LogP contribution < -0.4 is 5.32 Å². The fourth-order valence-electron chi connectivity index (χ4n) is 1.06. The Balaban J connectivity index is 2.18. The van der Waals surface area contributed by atoms with Crippen LogP contribution in [0.15, 0.2) is 41.1 Å². The number of nitrogens with one attached hydrogen (secondary N) is 1. The van der Waals surface area contributed by atoms with Crippen molar-refractivity contribution < 1.29 is 4.39 Å². The average molecular weight is 268 g/mol. The van der Waals surface area contributed by atoms with Crippen LogP contribution in [-0.2, 0) is 0 Å². The molecule has 2 rings (SSSR count). The van der Waals surface area contributed by atoms with E-state index >= 15 is 0 Å². The molecule has 15 heavy (non-hydrogen) atoms. The maximum atomic E-state index is 12.6. The van der Waals surface area contributed by atoms with Crippen LogP contribution in [0.5, 0.6) is 0 Å². The highest BCUT2D eigenvalue weighted by atomic mass is 79.9. The summed E-state index contributed by atoms with van der Waals surface area (Å²) in [5.74, 6) is 0.201. The van der Waals surface area contributed by atoms with Gasteiger partial charge in [-0.15, -0.1) is 0 Å². The molecule has 0 aliphatic rings. The molecule has 76 valence electrons. The van der Waals surface area contributed by atoms with E-state index in [2.05, 4.69) is 31.2 Å². The van der Waals surface area contributed by atoms with Gasteiger partial charge in [-0.05, 0) is 46.3 Å².